The van der Waals surface area contributed by atoms with Crippen LogP contribution in [0, 0.1) is 5.92 Å². The van der Waals surface area contributed by atoms with Crippen molar-refractivity contribution in [2.75, 3.05) is 6.54 Å². The third-order valence-electron chi connectivity index (χ3n) is 3.43. The predicted molar refractivity (Wildman–Crippen MR) is 65.4 cm³/mol. The van der Waals surface area contributed by atoms with E-state index >= 15 is 0 Å². The van der Waals surface area contributed by atoms with Crippen molar-refractivity contribution in [3.05, 3.63) is 35.9 Å². The summed E-state index contributed by atoms with van der Waals surface area (Å²) in [7, 11) is 0. The minimum atomic E-state index is -2.26. The largest absolute Gasteiger partial charge is 0.309 e. The first-order chi connectivity index (χ1) is 8.24. The monoisotopic (exact) mass is 239 g/mol. The van der Waals surface area contributed by atoms with Crippen molar-refractivity contribution < 1.29 is 8.78 Å². The van der Waals surface area contributed by atoms with E-state index in [2.05, 4.69) is 5.32 Å². The molecule has 1 saturated carbocycles. The maximum absolute atomic E-state index is 12.9. The second-order valence-corrected chi connectivity index (χ2v) is 4.73. The fourth-order valence-electron chi connectivity index (χ4n) is 2.43. The topological polar surface area (TPSA) is 12.0 Å². The summed E-state index contributed by atoms with van der Waals surface area (Å²) in [6, 6.07) is 9.34. The Balaban J connectivity index is 1.95. The van der Waals surface area contributed by atoms with Gasteiger partial charge in [-0.25, -0.2) is 8.78 Å². The van der Waals surface area contributed by atoms with Crippen molar-refractivity contribution in [3.8, 4) is 0 Å². The Kier molecular flexibility index (Phi) is 4.11. The van der Waals surface area contributed by atoms with Crippen LogP contribution in [0.2, 0.25) is 0 Å². The van der Waals surface area contributed by atoms with Crippen LogP contribution < -0.4 is 5.32 Å². The minimum absolute atomic E-state index is 0.101. The van der Waals surface area contributed by atoms with Crippen molar-refractivity contribution in [2.45, 2.75) is 38.2 Å². The molecule has 2 rings (SSSR count). The van der Waals surface area contributed by atoms with Gasteiger partial charge in [0.1, 0.15) is 0 Å². The molecular formula is C14H19F2N. The smallest absolute Gasteiger partial charge is 0.253 e. The first-order valence-electron chi connectivity index (χ1n) is 6.30. The molecule has 1 aromatic rings. The molecule has 0 saturated heterocycles. The third kappa shape index (κ3) is 3.03. The van der Waals surface area contributed by atoms with Crippen molar-refractivity contribution in [2.24, 2.45) is 5.92 Å². The molecule has 1 aliphatic carbocycles. The summed E-state index contributed by atoms with van der Waals surface area (Å²) < 4.78 is 25.9. The van der Waals surface area contributed by atoms with Crippen LogP contribution in [0.15, 0.2) is 30.3 Å². The Morgan fingerprint density at radius 3 is 2.59 bits per heavy atom. The highest BCUT2D eigenvalue weighted by Crippen LogP contribution is 2.50. The SMILES string of the molecule is CCCNC(C(F)F)C1CC1c1ccccc1. The van der Waals surface area contributed by atoms with Crippen LogP contribution in [0.25, 0.3) is 0 Å². The standard InChI is InChI=1S/C14H19F2N/c1-2-8-17-13(14(15)16)12-9-11(12)10-6-4-3-5-7-10/h3-7,11-14,17H,2,8-9H2,1H3. The van der Waals surface area contributed by atoms with E-state index in [1.165, 1.54) is 5.56 Å². The summed E-state index contributed by atoms with van der Waals surface area (Å²) >= 11 is 0. The molecule has 0 amide bonds. The molecular weight excluding hydrogens is 220 g/mol. The summed E-state index contributed by atoms with van der Waals surface area (Å²) in [6.07, 6.45) is -0.484. The number of halogens is 2. The zero-order valence-corrected chi connectivity index (χ0v) is 10.1. The molecule has 0 spiro atoms. The molecule has 1 N–H and O–H groups in total. The van der Waals surface area contributed by atoms with E-state index in [1.54, 1.807) is 0 Å². The van der Waals surface area contributed by atoms with Crippen LogP contribution in [-0.4, -0.2) is 19.0 Å². The second-order valence-electron chi connectivity index (χ2n) is 4.73. The van der Waals surface area contributed by atoms with Crippen molar-refractivity contribution in [1.82, 2.24) is 5.32 Å². The highest BCUT2D eigenvalue weighted by atomic mass is 19.3. The highest BCUT2D eigenvalue weighted by molar-refractivity contribution is 5.26. The zero-order valence-electron chi connectivity index (χ0n) is 10.1. The number of alkyl halides is 2. The normalized spacial score (nSPS) is 24.9. The van der Waals surface area contributed by atoms with Crippen LogP contribution in [0.4, 0.5) is 8.78 Å². The molecule has 1 aliphatic rings. The van der Waals surface area contributed by atoms with Gasteiger partial charge in [-0.15, -0.1) is 0 Å². The number of benzene rings is 1. The van der Waals surface area contributed by atoms with Gasteiger partial charge >= 0.3 is 0 Å². The molecule has 0 radical (unpaired) electrons. The van der Waals surface area contributed by atoms with E-state index in [-0.39, 0.29) is 5.92 Å². The molecule has 0 aliphatic heterocycles. The Morgan fingerprint density at radius 1 is 1.29 bits per heavy atom. The Hall–Kier alpha value is -0.960. The van der Waals surface area contributed by atoms with E-state index in [0.717, 1.165) is 12.8 Å². The Morgan fingerprint density at radius 2 is 2.00 bits per heavy atom. The van der Waals surface area contributed by atoms with Gasteiger partial charge in [0.15, 0.2) is 0 Å². The van der Waals surface area contributed by atoms with Crippen LogP contribution in [-0.2, 0) is 0 Å². The van der Waals surface area contributed by atoms with Gasteiger partial charge in [0, 0.05) is 0 Å². The van der Waals surface area contributed by atoms with Gasteiger partial charge in [-0.05, 0) is 36.8 Å². The summed E-state index contributed by atoms with van der Waals surface area (Å²) in [6.45, 7) is 2.67. The van der Waals surface area contributed by atoms with Crippen molar-refractivity contribution in [1.29, 1.82) is 0 Å². The van der Waals surface area contributed by atoms with Crippen molar-refractivity contribution in [3.63, 3.8) is 0 Å². The van der Waals surface area contributed by atoms with Gasteiger partial charge in [-0.3, -0.25) is 0 Å². The number of hydrogen-bond donors (Lipinski definition) is 1. The van der Waals surface area contributed by atoms with Crippen LogP contribution in [0.5, 0.6) is 0 Å². The molecule has 94 valence electrons. The van der Waals surface area contributed by atoms with Gasteiger partial charge in [-0.2, -0.15) is 0 Å². The first-order valence-corrected chi connectivity index (χ1v) is 6.30. The number of nitrogens with one attached hydrogen (secondary N) is 1. The molecule has 0 aromatic heterocycles. The molecule has 1 aromatic carbocycles. The Bertz CT molecular complexity index is 339. The van der Waals surface area contributed by atoms with E-state index in [9.17, 15) is 8.78 Å². The van der Waals surface area contributed by atoms with Gasteiger partial charge in [0.05, 0.1) is 6.04 Å². The van der Waals surface area contributed by atoms with Crippen LogP contribution in [0.1, 0.15) is 31.2 Å². The molecule has 17 heavy (non-hydrogen) atoms. The van der Waals surface area contributed by atoms with E-state index in [0.29, 0.717) is 12.5 Å². The van der Waals surface area contributed by atoms with Gasteiger partial charge in [-0.1, -0.05) is 37.3 Å². The van der Waals surface area contributed by atoms with Crippen LogP contribution >= 0.6 is 0 Å². The lowest BCUT2D eigenvalue weighted by atomic mass is 10.1. The lowest BCUT2D eigenvalue weighted by molar-refractivity contribution is 0.0872. The van der Waals surface area contributed by atoms with Crippen molar-refractivity contribution >= 4 is 0 Å². The molecule has 3 unspecified atom stereocenters. The summed E-state index contributed by atoms with van der Waals surface area (Å²) in [5, 5.41) is 2.98. The van der Waals surface area contributed by atoms with Crippen LogP contribution in [0.3, 0.4) is 0 Å². The van der Waals surface area contributed by atoms with Gasteiger partial charge < -0.3 is 5.32 Å². The third-order valence-corrected chi connectivity index (χ3v) is 3.43. The fraction of sp³-hybridized carbons (Fsp3) is 0.571. The maximum Gasteiger partial charge on any atom is 0.253 e. The first kappa shape index (κ1) is 12.5. The average Bonchev–Trinajstić information content (AvgIpc) is 3.10. The van der Waals surface area contributed by atoms with Gasteiger partial charge in [0.25, 0.3) is 6.43 Å². The lowest BCUT2D eigenvalue weighted by Gasteiger charge is -2.17. The Labute approximate surface area is 101 Å². The number of rotatable bonds is 6. The summed E-state index contributed by atoms with van der Waals surface area (Å²) in [4.78, 5) is 0. The molecule has 3 heteroatoms. The lowest BCUT2D eigenvalue weighted by Crippen LogP contribution is -2.38. The quantitative estimate of drug-likeness (QED) is 0.802. The molecule has 1 fully saturated rings. The molecule has 0 bridgehead atoms. The summed E-state index contributed by atoms with van der Waals surface area (Å²) in [5.74, 6) is 0.420. The second kappa shape index (κ2) is 5.58. The zero-order chi connectivity index (χ0) is 12.3. The average molecular weight is 239 g/mol. The van der Waals surface area contributed by atoms with Gasteiger partial charge in [0.2, 0.25) is 0 Å². The summed E-state index contributed by atoms with van der Waals surface area (Å²) in [5.41, 5.74) is 1.20. The van der Waals surface area contributed by atoms with E-state index < -0.39 is 12.5 Å². The predicted octanol–water partition coefficient (Wildman–Crippen LogP) is 3.42. The van der Waals surface area contributed by atoms with E-state index in [4.69, 9.17) is 0 Å². The highest BCUT2D eigenvalue weighted by Gasteiger charge is 2.46. The fourth-order valence-corrected chi connectivity index (χ4v) is 2.43. The molecule has 0 heterocycles. The number of hydrogen-bond acceptors (Lipinski definition) is 1. The molecule has 3 atom stereocenters. The molecule has 1 nitrogen and oxygen atoms in total. The van der Waals surface area contributed by atoms with E-state index in [1.807, 2.05) is 37.3 Å². The maximum atomic E-state index is 12.9. The minimum Gasteiger partial charge on any atom is -0.309 e.